The van der Waals surface area contributed by atoms with Gasteiger partial charge in [0.15, 0.2) is 0 Å². The summed E-state index contributed by atoms with van der Waals surface area (Å²) in [4.78, 5) is 0. The molecule has 0 saturated carbocycles. The van der Waals surface area contributed by atoms with E-state index in [9.17, 15) is 0 Å². The maximum Gasteiger partial charge on any atom is 0.115 e. The van der Waals surface area contributed by atoms with Crippen molar-refractivity contribution in [2.45, 2.75) is 6.92 Å². The monoisotopic (exact) mass is 211 g/mol. The molecule has 2 heteroatoms. The second kappa shape index (κ2) is 6.26. The lowest BCUT2D eigenvalue weighted by atomic mass is 10.2. The molecule has 0 aliphatic heterocycles. The molecule has 0 unspecified atom stereocenters. The number of phenols is 1. The van der Waals surface area contributed by atoms with Gasteiger partial charge in [-0.05, 0) is 31.2 Å². The maximum absolute atomic E-state index is 8.74. The fourth-order valence-electron chi connectivity index (χ4n) is 1.07. The Labute approximate surface area is 95.4 Å². The zero-order valence-electron chi connectivity index (χ0n) is 9.09. The smallest absolute Gasteiger partial charge is 0.115 e. The summed E-state index contributed by atoms with van der Waals surface area (Å²) in [5.74, 6) is 0.189. The van der Waals surface area contributed by atoms with Gasteiger partial charge in [-0.25, -0.2) is 0 Å². The Bertz CT molecular complexity index is 454. The first kappa shape index (κ1) is 11.8. The second-order valence-electron chi connectivity index (χ2n) is 3.31. The lowest BCUT2D eigenvalue weighted by Crippen LogP contribution is -1.69. The lowest BCUT2D eigenvalue weighted by Gasteiger charge is -1.87. The highest BCUT2D eigenvalue weighted by Crippen LogP contribution is 2.07. The lowest BCUT2D eigenvalue weighted by molar-refractivity contribution is 0.475. The van der Waals surface area contributed by atoms with Crippen LogP contribution < -0.4 is 0 Å². The molecule has 2 nitrogen and oxygen atoms in total. The van der Waals surface area contributed by atoms with Gasteiger partial charge in [0, 0.05) is 0 Å². The summed E-state index contributed by atoms with van der Waals surface area (Å²) in [5.41, 5.74) is 1.88. The standard InChI is InChI=1S/C7H5NO.C7H8/c8-5-6-1-3-7(9)4-2-6;1-7-5-3-2-4-6-7/h1-4,9H;2-6H,1H3. The average Bonchev–Trinajstić information content (AvgIpc) is 2.32. The number of benzene rings is 2. The van der Waals surface area contributed by atoms with E-state index in [1.807, 2.05) is 24.3 Å². The predicted octanol–water partition coefficient (Wildman–Crippen LogP) is 3.26. The molecule has 0 atom stereocenters. The molecule has 0 heterocycles. The first-order valence-corrected chi connectivity index (χ1v) is 4.93. The highest BCUT2D eigenvalue weighted by Gasteiger charge is 1.86. The van der Waals surface area contributed by atoms with E-state index in [-0.39, 0.29) is 5.75 Å². The van der Waals surface area contributed by atoms with Gasteiger partial charge in [-0.15, -0.1) is 0 Å². The van der Waals surface area contributed by atoms with Crippen molar-refractivity contribution in [2.24, 2.45) is 0 Å². The minimum Gasteiger partial charge on any atom is -0.508 e. The van der Waals surface area contributed by atoms with Crippen molar-refractivity contribution in [3.05, 3.63) is 65.7 Å². The van der Waals surface area contributed by atoms with Crippen LogP contribution in [0.2, 0.25) is 0 Å². The Morgan fingerprint density at radius 2 is 1.50 bits per heavy atom. The van der Waals surface area contributed by atoms with Crippen molar-refractivity contribution in [2.75, 3.05) is 0 Å². The molecule has 0 bridgehead atoms. The second-order valence-corrected chi connectivity index (χ2v) is 3.31. The van der Waals surface area contributed by atoms with E-state index >= 15 is 0 Å². The first-order valence-electron chi connectivity index (χ1n) is 4.93. The Morgan fingerprint density at radius 1 is 0.938 bits per heavy atom. The molecule has 80 valence electrons. The number of aromatic hydroxyl groups is 1. The number of hydrogen-bond acceptors (Lipinski definition) is 2. The van der Waals surface area contributed by atoms with Crippen LogP contribution in [-0.4, -0.2) is 5.11 Å². The predicted molar refractivity (Wildman–Crippen MR) is 64.0 cm³/mol. The molecule has 0 spiro atoms. The van der Waals surface area contributed by atoms with Crippen molar-refractivity contribution in [1.82, 2.24) is 0 Å². The number of aryl methyl sites for hydroxylation is 1. The number of nitriles is 1. The van der Waals surface area contributed by atoms with Crippen LogP contribution in [0.15, 0.2) is 54.6 Å². The largest absolute Gasteiger partial charge is 0.508 e. The van der Waals surface area contributed by atoms with Gasteiger partial charge < -0.3 is 5.11 Å². The van der Waals surface area contributed by atoms with Crippen LogP contribution in [0.4, 0.5) is 0 Å². The molecule has 0 fully saturated rings. The van der Waals surface area contributed by atoms with E-state index in [4.69, 9.17) is 10.4 Å². The number of nitrogens with zero attached hydrogens (tertiary/aromatic N) is 1. The molecular weight excluding hydrogens is 198 g/mol. The summed E-state index contributed by atoms with van der Waals surface area (Å²) in [6.45, 7) is 2.08. The SMILES string of the molecule is Cc1ccccc1.N#Cc1ccc(O)cc1. The topological polar surface area (TPSA) is 44.0 Å². The molecular formula is C14H13NO. The van der Waals surface area contributed by atoms with E-state index in [0.717, 1.165) is 0 Å². The minimum atomic E-state index is 0.189. The zero-order valence-corrected chi connectivity index (χ0v) is 9.09. The molecule has 2 aromatic carbocycles. The quantitative estimate of drug-likeness (QED) is 0.726. The van der Waals surface area contributed by atoms with Gasteiger partial charge in [0.2, 0.25) is 0 Å². The van der Waals surface area contributed by atoms with Gasteiger partial charge in [0.05, 0.1) is 11.6 Å². The van der Waals surface area contributed by atoms with Gasteiger partial charge in [0.1, 0.15) is 5.75 Å². The van der Waals surface area contributed by atoms with Crippen LogP contribution in [0.3, 0.4) is 0 Å². The highest BCUT2D eigenvalue weighted by atomic mass is 16.3. The van der Waals surface area contributed by atoms with Crippen molar-refractivity contribution >= 4 is 0 Å². The summed E-state index contributed by atoms with van der Waals surface area (Å²) in [6, 6.07) is 18.3. The fourth-order valence-corrected chi connectivity index (χ4v) is 1.07. The van der Waals surface area contributed by atoms with Crippen LogP contribution >= 0.6 is 0 Å². The molecule has 0 radical (unpaired) electrons. The summed E-state index contributed by atoms with van der Waals surface area (Å²) >= 11 is 0. The molecule has 0 amide bonds. The Balaban J connectivity index is 0.000000165. The molecule has 1 N–H and O–H groups in total. The van der Waals surface area contributed by atoms with E-state index in [1.165, 1.54) is 17.7 Å². The first-order chi connectivity index (χ1) is 7.72. The van der Waals surface area contributed by atoms with E-state index in [0.29, 0.717) is 5.56 Å². The highest BCUT2D eigenvalue weighted by molar-refractivity contribution is 5.33. The molecule has 2 aromatic rings. The Hall–Kier alpha value is -2.27. The zero-order chi connectivity index (χ0) is 11.8. The van der Waals surface area contributed by atoms with Crippen LogP contribution in [-0.2, 0) is 0 Å². The fraction of sp³-hybridized carbons (Fsp3) is 0.0714. The molecule has 16 heavy (non-hydrogen) atoms. The third-order valence-electron chi connectivity index (χ3n) is 1.94. The summed E-state index contributed by atoms with van der Waals surface area (Å²) in [7, 11) is 0. The van der Waals surface area contributed by atoms with Crippen molar-refractivity contribution in [3.8, 4) is 11.8 Å². The Morgan fingerprint density at radius 3 is 1.88 bits per heavy atom. The summed E-state index contributed by atoms with van der Waals surface area (Å²) in [5, 5.41) is 17.0. The van der Waals surface area contributed by atoms with Crippen LogP contribution in [0.1, 0.15) is 11.1 Å². The van der Waals surface area contributed by atoms with Crippen LogP contribution in [0, 0.1) is 18.3 Å². The number of phenolic OH excluding ortho intramolecular Hbond substituents is 1. The third kappa shape index (κ3) is 4.30. The molecule has 0 aliphatic carbocycles. The van der Waals surface area contributed by atoms with Gasteiger partial charge in [0.25, 0.3) is 0 Å². The van der Waals surface area contributed by atoms with E-state index in [2.05, 4.69) is 19.1 Å². The maximum atomic E-state index is 8.74. The van der Waals surface area contributed by atoms with Gasteiger partial charge in [-0.3, -0.25) is 0 Å². The number of hydrogen-bond donors (Lipinski definition) is 1. The van der Waals surface area contributed by atoms with Gasteiger partial charge in [-0.1, -0.05) is 35.9 Å². The van der Waals surface area contributed by atoms with Crippen molar-refractivity contribution < 1.29 is 5.11 Å². The normalized spacial score (nSPS) is 8.50. The average molecular weight is 211 g/mol. The van der Waals surface area contributed by atoms with Crippen LogP contribution in [0.5, 0.6) is 5.75 Å². The number of rotatable bonds is 0. The van der Waals surface area contributed by atoms with E-state index < -0.39 is 0 Å². The van der Waals surface area contributed by atoms with Crippen molar-refractivity contribution in [1.29, 1.82) is 5.26 Å². The molecule has 0 aliphatic rings. The molecule has 2 rings (SSSR count). The third-order valence-corrected chi connectivity index (χ3v) is 1.94. The summed E-state index contributed by atoms with van der Waals surface area (Å²) in [6.07, 6.45) is 0. The van der Waals surface area contributed by atoms with Gasteiger partial charge >= 0.3 is 0 Å². The van der Waals surface area contributed by atoms with E-state index in [1.54, 1.807) is 12.1 Å². The molecule has 0 saturated heterocycles. The molecule has 0 aromatic heterocycles. The summed E-state index contributed by atoms with van der Waals surface area (Å²) < 4.78 is 0. The van der Waals surface area contributed by atoms with Crippen LogP contribution in [0.25, 0.3) is 0 Å². The van der Waals surface area contributed by atoms with Crippen molar-refractivity contribution in [3.63, 3.8) is 0 Å². The minimum absolute atomic E-state index is 0.189. The van der Waals surface area contributed by atoms with Gasteiger partial charge in [-0.2, -0.15) is 5.26 Å². The Kier molecular flexibility index (Phi) is 4.62.